The van der Waals surface area contributed by atoms with E-state index in [2.05, 4.69) is 68.8 Å². The highest BCUT2D eigenvalue weighted by Gasteiger charge is 2.20. The van der Waals surface area contributed by atoms with Gasteiger partial charge < -0.3 is 15.2 Å². The van der Waals surface area contributed by atoms with Gasteiger partial charge in [-0.2, -0.15) is 4.98 Å². The standard InChI is InChI=1S/C20H30N6O/c1-4-21-20(22-13-19-23-16(3)27-25-19)24-18-9-11-26(12-10-18)14-17-8-6-5-7-15(17)2/h5-8,18H,4,9-14H2,1-3H3,(H2,21,22,24). The van der Waals surface area contributed by atoms with E-state index < -0.39 is 0 Å². The lowest BCUT2D eigenvalue weighted by atomic mass is 10.0. The minimum atomic E-state index is 0.415. The van der Waals surface area contributed by atoms with Crippen molar-refractivity contribution in [3.05, 3.63) is 47.1 Å². The van der Waals surface area contributed by atoms with Crippen LogP contribution < -0.4 is 10.6 Å². The van der Waals surface area contributed by atoms with E-state index in [-0.39, 0.29) is 0 Å². The zero-order valence-corrected chi connectivity index (χ0v) is 16.5. The highest BCUT2D eigenvalue weighted by atomic mass is 16.5. The third kappa shape index (κ3) is 5.79. The number of likely N-dealkylation sites (tertiary alicyclic amines) is 1. The molecular weight excluding hydrogens is 340 g/mol. The minimum Gasteiger partial charge on any atom is -0.357 e. The molecule has 146 valence electrons. The molecule has 2 aromatic rings. The van der Waals surface area contributed by atoms with Crippen molar-refractivity contribution in [2.24, 2.45) is 4.99 Å². The summed E-state index contributed by atoms with van der Waals surface area (Å²) in [6.45, 7) is 10.5. The van der Waals surface area contributed by atoms with Crippen molar-refractivity contribution in [1.29, 1.82) is 0 Å². The maximum Gasteiger partial charge on any atom is 0.223 e. The normalized spacial score (nSPS) is 16.5. The van der Waals surface area contributed by atoms with E-state index >= 15 is 0 Å². The van der Waals surface area contributed by atoms with Gasteiger partial charge in [0.1, 0.15) is 6.54 Å². The van der Waals surface area contributed by atoms with E-state index in [0.717, 1.165) is 45.0 Å². The molecule has 0 saturated carbocycles. The molecule has 1 aromatic carbocycles. The number of aromatic nitrogens is 2. The Morgan fingerprint density at radius 3 is 2.70 bits per heavy atom. The number of hydrogen-bond acceptors (Lipinski definition) is 5. The van der Waals surface area contributed by atoms with Crippen LogP contribution in [0.3, 0.4) is 0 Å². The number of hydrogen-bond donors (Lipinski definition) is 2. The third-order valence-corrected chi connectivity index (χ3v) is 4.88. The Hall–Kier alpha value is -2.41. The van der Waals surface area contributed by atoms with Crippen LogP contribution >= 0.6 is 0 Å². The van der Waals surface area contributed by atoms with Gasteiger partial charge in [-0.3, -0.25) is 4.90 Å². The lowest BCUT2D eigenvalue weighted by Crippen LogP contribution is -2.48. The molecule has 2 heterocycles. The first-order valence-corrected chi connectivity index (χ1v) is 9.75. The zero-order chi connectivity index (χ0) is 19.1. The maximum absolute atomic E-state index is 5.00. The first-order valence-electron chi connectivity index (χ1n) is 9.75. The van der Waals surface area contributed by atoms with Crippen molar-refractivity contribution >= 4 is 5.96 Å². The fourth-order valence-electron chi connectivity index (χ4n) is 3.33. The summed E-state index contributed by atoms with van der Waals surface area (Å²) in [5.41, 5.74) is 2.80. The predicted molar refractivity (Wildman–Crippen MR) is 106 cm³/mol. The van der Waals surface area contributed by atoms with E-state index in [1.165, 1.54) is 11.1 Å². The predicted octanol–water partition coefficient (Wildman–Crippen LogP) is 2.41. The van der Waals surface area contributed by atoms with E-state index in [1.807, 2.05) is 0 Å². The minimum absolute atomic E-state index is 0.415. The first kappa shape index (κ1) is 19.4. The molecule has 0 unspecified atom stereocenters. The Morgan fingerprint density at radius 2 is 2.04 bits per heavy atom. The summed E-state index contributed by atoms with van der Waals surface area (Å²) >= 11 is 0. The Morgan fingerprint density at radius 1 is 1.26 bits per heavy atom. The average Bonchev–Trinajstić information content (AvgIpc) is 3.09. The lowest BCUT2D eigenvalue weighted by Gasteiger charge is -2.33. The van der Waals surface area contributed by atoms with Gasteiger partial charge in [-0.05, 0) is 37.8 Å². The molecule has 1 aliphatic heterocycles. The first-order chi connectivity index (χ1) is 13.1. The van der Waals surface area contributed by atoms with Crippen molar-refractivity contribution in [1.82, 2.24) is 25.7 Å². The van der Waals surface area contributed by atoms with Crippen molar-refractivity contribution in [3.63, 3.8) is 0 Å². The molecule has 1 fully saturated rings. The number of nitrogens with zero attached hydrogens (tertiary/aromatic N) is 4. The molecule has 0 spiro atoms. The number of rotatable bonds is 6. The van der Waals surface area contributed by atoms with Crippen molar-refractivity contribution in [2.75, 3.05) is 19.6 Å². The Bertz CT molecular complexity index is 748. The van der Waals surface area contributed by atoms with Gasteiger partial charge in [0.25, 0.3) is 0 Å². The topological polar surface area (TPSA) is 78.6 Å². The van der Waals surface area contributed by atoms with Gasteiger partial charge in [0.15, 0.2) is 11.8 Å². The smallest absolute Gasteiger partial charge is 0.223 e. The van der Waals surface area contributed by atoms with E-state index in [9.17, 15) is 0 Å². The van der Waals surface area contributed by atoms with Gasteiger partial charge >= 0.3 is 0 Å². The van der Waals surface area contributed by atoms with Crippen LogP contribution in [0.1, 0.15) is 42.6 Å². The molecule has 7 heteroatoms. The summed E-state index contributed by atoms with van der Waals surface area (Å²) in [5.74, 6) is 1.99. The summed E-state index contributed by atoms with van der Waals surface area (Å²) < 4.78 is 5.00. The highest BCUT2D eigenvalue weighted by Crippen LogP contribution is 2.16. The van der Waals surface area contributed by atoms with Gasteiger partial charge in [0.05, 0.1) is 0 Å². The molecule has 3 rings (SSSR count). The number of aliphatic imine (C=N–C) groups is 1. The van der Waals surface area contributed by atoms with Crippen LogP contribution in [0, 0.1) is 13.8 Å². The van der Waals surface area contributed by atoms with Crippen molar-refractivity contribution in [3.8, 4) is 0 Å². The summed E-state index contributed by atoms with van der Waals surface area (Å²) in [6, 6.07) is 9.08. The average molecular weight is 371 g/mol. The second kappa shape index (κ2) is 9.50. The van der Waals surface area contributed by atoms with E-state index in [0.29, 0.717) is 24.3 Å². The van der Waals surface area contributed by atoms with Gasteiger partial charge in [0.2, 0.25) is 5.89 Å². The Balaban J connectivity index is 1.49. The summed E-state index contributed by atoms with van der Waals surface area (Å²) in [5, 5.41) is 10.8. The zero-order valence-electron chi connectivity index (χ0n) is 16.5. The third-order valence-electron chi connectivity index (χ3n) is 4.88. The summed E-state index contributed by atoms with van der Waals surface area (Å²) in [4.78, 5) is 11.3. The van der Waals surface area contributed by atoms with Crippen LogP contribution in [0.5, 0.6) is 0 Å². The monoisotopic (exact) mass is 370 g/mol. The largest absolute Gasteiger partial charge is 0.357 e. The van der Waals surface area contributed by atoms with Gasteiger partial charge in [-0.1, -0.05) is 29.4 Å². The van der Waals surface area contributed by atoms with Crippen LogP contribution in [0.15, 0.2) is 33.8 Å². The van der Waals surface area contributed by atoms with Crippen LogP contribution in [-0.2, 0) is 13.1 Å². The molecule has 0 atom stereocenters. The quantitative estimate of drug-likeness (QED) is 0.601. The highest BCUT2D eigenvalue weighted by molar-refractivity contribution is 5.80. The number of nitrogens with one attached hydrogen (secondary N) is 2. The molecule has 27 heavy (non-hydrogen) atoms. The SMILES string of the molecule is CCNC(=NCc1noc(C)n1)NC1CCN(Cc2ccccc2C)CC1. The molecule has 7 nitrogen and oxygen atoms in total. The van der Waals surface area contributed by atoms with Crippen LogP contribution in [0.2, 0.25) is 0 Å². The van der Waals surface area contributed by atoms with Crippen LogP contribution in [0.4, 0.5) is 0 Å². The van der Waals surface area contributed by atoms with Crippen LogP contribution in [-0.4, -0.2) is 46.7 Å². The number of benzene rings is 1. The second-order valence-electron chi connectivity index (χ2n) is 7.05. The molecule has 0 aliphatic carbocycles. The summed E-state index contributed by atoms with van der Waals surface area (Å²) in [6.07, 6.45) is 2.22. The van der Waals surface area contributed by atoms with E-state index in [4.69, 9.17) is 4.52 Å². The molecule has 1 saturated heterocycles. The number of piperidine rings is 1. The van der Waals surface area contributed by atoms with Crippen LogP contribution in [0.25, 0.3) is 0 Å². The van der Waals surface area contributed by atoms with Gasteiger partial charge in [0, 0.05) is 39.1 Å². The molecule has 2 N–H and O–H groups in total. The van der Waals surface area contributed by atoms with E-state index in [1.54, 1.807) is 6.92 Å². The Labute approximate surface area is 161 Å². The second-order valence-corrected chi connectivity index (χ2v) is 7.05. The Kier molecular flexibility index (Phi) is 6.81. The van der Waals surface area contributed by atoms with Crippen molar-refractivity contribution in [2.45, 2.75) is 52.7 Å². The van der Waals surface area contributed by atoms with Crippen molar-refractivity contribution < 1.29 is 4.52 Å². The molecule has 0 amide bonds. The molecule has 0 radical (unpaired) electrons. The molecule has 1 aliphatic rings. The lowest BCUT2D eigenvalue weighted by molar-refractivity contribution is 0.198. The fourth-order valence-corrected chi connectivity index (χ4v) is 3.33. The summed E-state index contributed by atoms with van der Waals surface area (Å²) in [7, 11) is 0. The van der Waals surface area contributed by atoms with Gasteiger partial charge in [-0.25, -0.2) is 4.99 Å². The fraction of sp³-hybridized carbons (Fsp3) is 0.550. The van der Waals surface area contributed by atoms with Gasteiger partial charge in [-0.15, -0.1) is 0 Å². The molecule has 1 aromatic heterocycles. The molecular formula is C20H30N6O. The number of guanidine groups is 1. The number of aryl methyl sites for hydroxylation is 2. The molecule has 0 bridgehead atoms. The maximum atomic E-state index is 5.00.